The van der Waals surface area contributed by atoms with Crippen molar-refractivity contribution >= 4 is 5.96 Å². The molecule has 30 heavy (non-hydrogen) atoms. The van der Waals surface area contributed by atoms with Crippen LogP contribution in [0.2, 0.25) is 0 Å². The van der Waals surface area contributed by atoms with E-state index in [0.717, 1.165) is 55.3 Å². The second-order valence-electron chi connectivity index (χ2n) is 6.79. The van der Waals surface area contributed by atoms with E-state index in [1.165, 1.54) is 0 Å². The predicted octanol–water partition coefficient (Wildman–Crippen LogP) is 2.02. The molecule has 1 heterocycles. The molecule has 0 unspecified atom stereocenters. The number of hydrogen-bond acceptors (Lipinski definition) is 6. The van der Waals surface area contributed by atoms with Crippen LogP contribution in [0.1, 0.15) is 25.0 Å². The van der Waals surface area contributed by atoms with E-state index in [1.807, 2.05) is 61.7 Å². The molecule has 166 valence electrons. The number of methoxy groups -OCH3 is 1. The summed E-state index contributed by atoms with van der Waals surface area (Å²) in [6.45, 7) is 7.83. The first-order valence-corrected chi connectivity index (χ1v) is 10.2. The second kappa shape index (κ2) is 12.7. The Hall–Kier alpha value is -2.81. The maximum absolute atomic E-state index is 5.84. The number of benzene rings is 1. The standard InChI is InChI=1S/C21H34N6O3/c1-6-29-14-7-12-22-21(23-16-20-25-24-17(2)27(20)4)26(3)13-15-30-19-10-8-18(28-5)9-11-19/h8-11H,6-7,12-16H2,1-5H3,(H,22,23). The average molecular weight is 419 g/mol. The molecule has 0 atom stereocenters. The lowest BCUT2D eigenvalue weighted by Crippen LogP contribution is -2.41. The van der Waals surface area contributed by atoms with Gasteiger partial charge in [-0.2, -0.15) is 0 Å². The zero-order chi connectivity index (χ0) is 21.8. The van der Waals surface area contributed by atoms with Gasteiger partial charge in [0, 0.05) is 33.9 Å². The summed E-state index contributed by atoms with van der Waals surface area (Å²) < 4.78 is 18.4. The van der Waals surface area contributed by atoms with Crippen LogP contribution in [-0.2, 0) is 18.3 Å². The maximum Gasteiger partial charge on any atom is 0.194 e. The number of nitrogens with zero attached hydrogens (tertiary/aromatic N) is 5. The fraction of sp³-hybridized carbons (Fsp3) is 0.571. The first-order chi connectivity index (χ1) is 14.5. The van der Waals surface area contributed by atoms with E-state index in [9.17, 15) is 0 Å². The van der Waals surface area contributed by atoms with Gasteiger partial charge in [-0.25, -0.2) is 4.99 Å². The largest absolute Gasteiger partial charge is 0.497 e. The average Bonchev–Trinajstić information content (AvgIpc) is 3.08. The van der Waals surface area contributed by atoms with Crippen LogP contribution in [-0.4, -0.2) is 72.7 Å². The fourth-order valence-corrected chi connectivity index (χ4v) is 2.64. The Morgan fingerprint density at radius 1 is 1.17 bits per heavy atom. The zero-order valence-electron chi connectivity index (χ0n) is 18.7. The van der Waals surface area contributed by atoms with E-state index in [4.69, 9.17) is 19.2 Å². The predicted molar refractivity (Wildman–Crippen MR) is 117 cm³/mol. The normalized spacial score (nSPS) is 11.4. The third kappa shape index (κ3) is 7.55. The molecule has 0 fully saturated rings. The molecule has 1 aromatic heterocycles. The van der Waals surface area contributed by atoms with Gasteiger partial charge >= 0.3 is 0 Å². The Morgan fingerprint density at radius 3 is 2.53 bits per heavy atom. The number of likely N-dealkylation sites (N-methyl/N-ethyl adjacent to an activating group) is 1. The number of hydrogen-bond donors (Lipinski definition) is 1. The minimum atomic E-state index is 0.453. The van der Waals surface area contributed by atoms with Gasteiger partial charge in [0.05, 0.1) is 13.7 Å². The van der Waals surface area contributed by atoms with E-state index < -0.39 is 0 Å². The molecule has 9 nitrogen and oxygen atoms in total. The summed E-state index contributed by atoms with van der Waals surface area (Å²) in [5.74, 6) is 4.10. The summed E-state index contributed by atoms with van der Waals surface area (Å²) in [5.41, 5.74) is 0. The first-order valence-electron chi connectivity index (χ1n) is 10.2. The van der Waals surface area contributed by atoms with Crippen LogP contribution >= 0.6 is 0 Å². The van der Waals surface area contributed by atoms with Crippen LogP contribution < -0.4 is 14.8 Å². The molecule has 1 N–H and O–H groups in total. The topological polar surface area (TPSA) is 86.0 Å². The van der Waals surface area contributed by atoms with Gasteiger partial charge < -0.3 is 29.0 Å². The Labute approximate surface area is 179 Å². The number of aryl methyl sites for hydroxylation is 1. The zero-order valence-corrected chi connectivity index (χ0v) is 18.7. The van der Waals surface area contributed by atoms with Crippen molar-refractivity contribution in [1.29, 1.82) is 0 Å². The lowest BCUT2D eigenvalue weighted by Gasteiger charge is -2.22. The van der Waals surface area contributed by atoms with Crippen LogP contribution in [0.4, 0.5) is 0 Å². The van der Waals surface area contributed by atoms with E-state index >= 15 is 0 Å². The van der Waals surface area contributed by atoms with Gasteiger partial charge in [0.15, 0.2) is 11.8 Å². The van der Waals surface area contributed by atoms with E-state index in [-0.39, 0.29) is 0 Å². The summed E-state index contributed by atoms with van der Waals surface area (Å²) in [6.07, 6.45) is 0.909. The smallest absolute Gasteiger partial charge is 0.194 e. The molecule has 0 saturated carbocycles. The molecule has 0 aliphatic carbocycles. The lowest BCUT2D eigenvalue weighted by atomic mass is 10.3. The third-order valence-corrected chi connectivity index (χ3v) is 4.62. The summed E-state index contributed by atoms with van der Waals surface area (Å²) in [5, 5.41) is 11.7. The Kier molecular flexibility index (Phi) is 9.93. The number of aromatic nitrogens is 3. The lowest BCUT2D eigenvalue weighted by molar-refractivity contribution is 0.145. The monoisotopic (exact) mass is 418 g/mol. The van der Waals surface area contributed by atoms with Crippen LogP contribution in [0.3, 0.4) is 0 Å². The molecule has 0 amide bonds. The first kappa shape index (κ1) is 23.5. The Morgan fingerprint density at radius 2 is 1.90 bits per heavy atom. The van der Waals surface area contributed by atoms with Gasteiger partial charge in [-0.3, -0.25) is 0 Å². The number of guanidine groups is 1. The Balaban J connectivity index is 1.91. The van der Waals surface area contributed by atoms with E-state index in [0.29, 0.717) is 19.7 Å². The maximum atomic E-state index is 5.84. The molecule has 0 aliphatic heterocycles. The molecule has 1 aromatic carbocycles. The quantitative estimate of drug-likeness (QED) is 0.321. The van der Waals surface area contributed by atoms with Crippen LogP contribution in [0.25, 0.3) is 0 Å². The van der Waals surface area contributed by atoms with E-state index in [1.54, 1.807) is 7.11 Å². The number of rotatable bonds is 12. The van der Waals surface area contributed by atoms with Crippen molar-refractivity contribution in [1.82, 2.24) is 25.0 Å². The highest BCUT2D eigenvalue weighted by Gasteiger charge is 2.09. The van der Waals surface area contributed by atoms with Crippen LogP contribution in [0, 0.1) is 6.92 Å². The summed E-state index contributed by atoms with van der Waals surface area (Å²) in [6, 6.07) is 7.57. The molecule has 0 bridgehead atoms. The minimum absolute atomic E-state index is 0.453. The summed E-state index contributed by atoms with van der Waals surface area (Å²) in [7, 11) is 5.59. The molecule has 9 heteroatoms. The van der Waals surface area contributed by atoms with Gasteiger partial charge in [-0.15, -0.1) is 10.2 Å². The van der Waals surface area contributed by atoms with Crippen molar-refractivity contribution in [3.05, 3.63) is 35.9 Å². The van der Waals surface area contributed by atoms with Crippen molar-refractivity contribution in [3.8, 4) is 11.5 Å². The number of aliphatic imine (C=N–C) groups is 1. The summed E-state index contributed by atoms with van der Waals surface area (Å²) in [4.78, 5) is 6.78. The SMILES string of the molecule is CCOCCCNC(=NCc1nnc(C)n1C)N(C)CCOc1ccc(OC)cc1. The molecular formula is C21H34N6O3. The molecule has 2 aromatic rings. The van der Waals surface area contributed by atoms with Crippen molar-refractivity contribution in [2.75, 3.05) is 47.1 Å². The van der Waals surface area contributed by atoms with Crippen LogP contribution in [0.15, 0.2) is 29.3 Å². The molecule has 0 aliphatic rings. The number of ether oxygens (including phenoxy) is 3. The fourth-order valence-electron chi connectivity index (χ4n) is 2.64. The molecule has 0 radical (unpaired) electrons. The van der Waals surface area contributed by atoms with Gasteiger partial charge in [0.2, 0.25) is 0 Å². The Bertz CT molecular complexity index is 776. The van der Waals surface area contributed by atoms with Crippen molar-refractivity contribution in [3.63, 3.8) is 0 Å². The van der Waals surface area contributed by atoms with Crippen molar-refractivity contribution in [2.24, 2.45) is 12.0 Å². The summed E-state index contributed by atoms with van der Waals surface area (Å²) >= 11 is 0. The van der Waals surface area contributed by atoms with Gasteiger partial charge in [0.25, 0.3) is 0 Å². The highest BCUT2D eigenvalue weighted by atomic mass is 16.5. The number of nitrogens with one attached hydrogen (secondary N) is 1. The van der Waals surface area contributed by atoms with E-state index in [2.05, 4.69) is 15.5 Å². The van der Waals surface area contributed by atoms with Crippen LogP contribution in [0.5, 0.6) is 11.5 Å². The van der Waals surface area contributed by atoms with Gasteiger partial charge in [-0.1, -0.05) is 0 Å². The molecule has 0 spiro atoms. The third-order valence-electron chi connectivity index (χ3n) is 4.62. The molecule has 2 rings (SSSR count). The highest BCUT2D eigenvalue weighted by molar-refractivity contribution is 5.79. The van der Waals surface area contributed by atoms with Gasteiger partial charge in [0.1, 0.15) is 30.5 Å². The highest BCUT2D eigenvalue weighted by Crippen LogP contribution is 2.16. The molecular weight excluding hydrogens is 384 g/mol. The minimum Gasteiger partial charge on any atom is -0.497 e. The second-order valence-corrected chi connectivity index (χ2v) is 6.79. The molecule has 0 saturated heterocycles. The van der Waals surface area contributed by atoms with Crippen molar-refractivity contribution < 1.29 is 14.2 Å². The van der Waals surface area contributed by atoms with Gasteiger partial charge in [-0.05, 0) is 44.5 Å². The van der Waals surface area contributed by atoms with Crippen molar-refractivity contribution in [2.45, 2.75) is 26.8 Å².